The van der Waals surface area contributed by atoms with E-state index in [1.807, 2.05) is 24.3 Å². The van der Waals surface area contributed by atoms with Crippen molar-refractivity contribution in [3.63, 3.8) is 0 Å². The van der Waals surface area contributed by atoms with Gasteiger partial charge >= 0.3 is 0 Å². The Balaban J connectivity index is 1.84. The molecule has 0 fully saturated rings. The van der Waals surface area contributed by atoms with E-state index in [-0.39, 0.29) is 5.78 Å². The van der Waals surface area contributed by atoms with Crippen LogP contribution >= 0.6 is 11.8 Å². The number of rotatable bonds is 2. The molecule has 1 aliphatic rings. The van der Waals surface area contributed by atoms with Crippen LogP contribution in [0.1, 0.15) is 10.4 Å². The van der Waals surface area contributed by atoms with Crippen LogP contribution in [0.5, 0.6) is 0 Å². The first-order valence-corrected chi connectivity index (χ1v) is 5.94. The summed E-state index contributed by atoms with van der Waals surface area (Å²) in [5.74, 6) is 0.687. The molecule has 5 heteroatoms. The van der Waals surface area contributed by atoms with Gasteiger partial charge in [-0.15, -0.1) is 0 Å². The van der Waals surface area contributed by atoms with Gasteiger partial charge in [0.05, 0.1) is 4.91 Å². The van der Waals surface area contributed by atoms with Gasteiger partial charge in [0.25, 0.3) is 0 Å². The van der Waals surface area contributed by atoms with Gasteiger partial charge in [-0.3, -0.25) is 4.79 Å². The van der Waals surface area contributed by atoms with E-state index in [4.69, 9.17) is 0 Å². The average Bonchev–Trinajstić information content (AvgIpc) is 2.96. The number of benzene rings is 1. The van der Waals surface area contributed by atoms with E-state index in [9.17, 15) is 4.79 Å². The topological polar surface area (TPSA) is 57.8 Å². The van der Waals surface area contributed by atoms with Crippen LogP contribution in [0, 0.1) is 0 Å². The largest absolute Gasteiger partial charge is 0.331 e. The molecular formula is C12H9N3OS. The minimum atomic E-state index is 0.0599. The number of aromatic amines is 1. The van der Waals surface area contributed by atoms with E-state index < -0.39 is 0 Å². The van der Waals surface area contributed by atoms with Crippen LogP contribution in [0.25, 0.3) is 0 Å². The minimum Gasteiger partial charge on any atom is -0.331 e. The standard InChI is InChI=1S/C12H9N3OS/c16-11-8-3-1-2-4-9(8)17-10(11)7-15-12-13-5-6-14-12/h1-7H,(H2,13,14,15). The molecule has 0 saturated carbocycles. The summed E-state index contributed by atoms with van der Waals surface area (Å²) in [5.41, 5.74) is 0.769. The lowest BCUT2D eigenvalue weighted by atomic mass is 10.1. The lowest BCUT2D eigenvalue weighted by Crippen LogP contribution is -1.98. The molecule has 0 bridgehead atoms. The molecule has 2 N–H and O–H groups in total. The summed E-state index contributed by atoms with van der Waals surface area (Å²) in [6.45, 7) is 0. The zero-order chi connectivity index (χ0) is 11.7. The fourth-order valence-corrected chi connectivity index (χ4v) is 2.59. The number of ketones is 1. The fraction of sp³-hybridized carbons (Fsp3) is 0. The number of anilines is 1. The third-order valence-electron chi connectivity index (χ3n) is 2.41. The van der Waals surface area contributed by atoms with Crippen molar-refractivity contribution in [1.82, 2.24) is 9.97 Å². The molecule has 84 valence electrons. The summed E-state index contributed by atoms with van der Waals surface area (Å²) in [6.07, 6.45) is 5.06. The highest BCUT2D eigenvalue weighted by molar-refractivity contribution is 8.04. The van der Waals surface area contributed by atoms with Crippen LogP contribution in [0.15, 0.2) is 52.7 Å². The number of carbonyl (C=O) groups is 1. The number of aromatic nitrogens is 2. The van der Waals surface area contributed by atoms with Gasteiger partial charge in [0.15, 0.2) is 0 Å². The van der Waals surface area contributed by atoms with Crippen LogP contribution < -0.4 is 5.32 Å². The first kappa shape index (κ1) is 10.2. The molecule has 1 aromatic heterocycles. The van der Waals surface area contributed by atoms with Crippen molar-refractivity contribution in [3.05, 3.63) is 53.3 Å². The van der Waals surface area contributed by atoms with Crippen LogP contribution in [-0.4, -0.2) is 15.8 Å². The quantitative estimate of drug-likeness (QED) is 0.796. The molecule has 17 heavy (non-hydrogen) atoms. The van der Waals surface area contributed by atoms with Gasteiger partial charge in [0, 0.05) is 29.1 Å². The maximum absolute atomic E-state index is 12.0. The highest BCUT2D eigenvalue weighted by atomic mass is 32.2. The molecular weight excluding hydrogens is 234 g/mol. The minimum absolute atomic E-state index is 0.0599. The lowest BCUT2D eigenvalue weighted by Gasteiger charge is -1.96. The van der Waals surface area contributed by atoms with Crippen LogP contribution in [-0.2, 0) is 0 Å². The number of hydrogen-bond donors (Lipinski definition) is 2. The molecule has 0 saturated heterocycles. The number of nitrogens with zero attached hydrogens (tertiary/aromatic N) is 1. The second-order valence-electron chi connectivity index (χ2n) is 3.52. The molecule has 1 aromatic carbocycles. The molecule has 2 heterocycles. The molecule has 0 aliphatic carbocycles. The highest BCUT2D eigenvalue weighted by Gasteiger charge is 2.25. The van der Waals surface area contributed by atoms with Gasteiger partial charge in [0.1, 0.15) is 0 Å². The number of H-pyrrole nitrogens is 1. The molecule has 0 spiro atoms. The zero-order valence-corrected chi connectivity index (χ0v) is 9.62. The molecule has 2 aromatic rings. The van der Waals surface area contributed by atoms with Gasteiger partial charge in [-0.05, 0) is 12.1 Å². The number of nitrogens with one attached hydrogen (secondary N) is 2. The van der Waals surface area contributed by atoms with E-state index in [1.54, 1.807) is 18.6 Å². The van der Waals surface area contributed by atoms with Crippen molar-refractivity contribution in [3.8, 4) is 0 Å². The summed E-state index contributed by atoms with van der Waals surface area (Å²) >= 11 is 1.47. The predicted molar refractivity (Wildman–Crippen MR) is 66.9 cm³/mol. The molecule has 0 unspecified atom stereocenters. The fourth-order valence-electron chi connectivity index (χ4n) is 1.61. The Morgan fingerprint density at radius 1 is 1.35 bits per heavy atom. The Morgan fingerprint density at radius 2 is 2.24 bits per heavy atom. The molecule has 0 radical (unpaired) electrons. The summed E-state index contributed by atoms with van der Waals surface area (Å²) in [7, 11) is 0. The van der Waals surface area contributed by atoms with Gasteiger partial charge in [-0.1, -0.05) is 23.9 Å². The Hall–Kier alpha value is -2.01. The van der Waals surface area contributed by atoms with Crippen molar-refractivity contribution in [2.75, 3.05) is 5.32 Å². The monoisotopic (exact) mass is 243 g/mol. The third kappa shape index (κ3) is 1.85. The first-order chi connectivity index (χ1) is 8.34. The van der Waals surface area contributed by atoms with E-state index in [2.05, 4.69) is 15.3 Å². The van der Waals surface area contributed by atoms with E-state index in [1.165, 1.54) is 11.8 Å². The second-order valence-corrected chi connectivity index (χ2v) is 4.60. The van der Waals surface area contributed by atoms with Crippen molar-refractivity contribution in [1.29, 1.82) is 0 Å². The normalized spacial score (nSPS) is 16.2. The van der Waals surface area contributed by atoms with Gasteiger partial charge in [-0.25, -0.2) is 4.98 Å². The Labute approximate surface area is 102 Å². The summed E-state index contributed by atoms with van der Waals surface area (Å²) < 4.78 is 0. The number of carbonyl (C=O) groups excluding carboxylic acids is 1. The number of hydrogen-bond acceptors (Lipinski definition) is 4. The van der Waals surface area contributed by atoms with Crippen LogP contribution in [0.2, 0.25) is 0 Å². The number of allylic oxidation sites excluding steroid dienone is 1. The summed E-state index contributed by atoms with van der Waals surface area (Å²) in [4.78, 5) is 20.6. The molecule has 0 amide bonds. The average molecular weight is 243 g/mol. The van der Waals surface area contributed by atoms with E-state index in [0.29, 0.717) is 10.9 Å². The van der Waals surface area contributed by atoms with Crippen molar-refractivity contribution in [2.24, 2.45) is 0 Å². The first-order valence-electron chi connectivity index (χ1n) is 5.12. The Kier molecular flexibility index (Phi) is 2.45. The predicted octanol–water partition coefficient (Wildman–Crippen LogP) is 2.65. The smallest absolute Gasteiger partial charge is 0.204 e. The van der Waals surface area contributed by atoms with Crippen molar-refractivity contribution < 1.29 is 4.79 Å². The number of Topliss-reactive ketones (excluding diaryl/α,β-unsaturated/α-hetero) is 1. The highest BCUT2D eigenvalue weighted by Crippen LogP contribution is 2.39. The summed E-state index contributed by atoms with van der Waals surface area (Å²) in [5, 5.41) is 2.96. The third-order valence-corrected chi connectivity index (χ3v) is 3.51. The second kappa shape index (κ2) is 4.10. The number of imidazole rings is 1. The molecule has 1 aliphatic heterocycles. The van der Waals surface area contributed by atoms with Gasteiger partial charge < -0.3 is 10.3 Å². The van der Waals surface area contributed by atoms with Gasteiger partial charge in [0.2, 0.25) is 11.7 Å². The SMILES string of the molecule is O=C1C(=CNc2ncc[nH]2)Sc2ccccc21. The van der Waals surface area contributed by atoms with E-state index in [0.717, 1.165) is 10.5 Å². The van der Waals surface area contributed by atoms with Crippen LogP contribution in [0.3, 0.4) is 0 Å². The lowest BCUT2D eigenvalue weighted by molar-refractivity contribution is 0.104. The van der Waals surface area contributed by atoms with Gasteiger partial charge in [-0.2, -0.15) is 0 Å². The number of thioether (sulfide) groups is 1. The number of fused-ring (bicyclic) bond motifs is 1. The molecule has 4 nitrogen and oxygen atoms in total. The summed E-state index contributed by atoms with van der Waals surface area (Å²) in [6, 6.07) is 7.60. The maximum atomic E-state index is 12.0. The Morgan fingerprint density at radius 3 is 3.00 bits per heavy atom. The Bertz CT molecular complexity index is 590. The maximum Gasteiger partial charge on any atom is 0.204 e. The van der Waals surface area contributed by atoms with Crippen LogP contribution in [0.4, 0.5) is 5.95 Å². The molecule has 3 rings (SSSR count). The van der Waals surface area contributed by atoms with E-state index >= 15 is 0 Å². The zero-order valence-electron chi connectivity index (χ0n) is 8.81. The molecule has 0 atom stereocenters. The van der Waals surface area contributed by atoms with Crippen molar-refractivity contribution >= 4 is 23.5 Å². The van der Waals surface area contributed by atoms with Crippen molar-refractivity contribution in [2.45, 2.75) is 4.90 Å².